The van der Waals surface area contributed by atoms with Crippen molar-refractivity contribution >= 4 is 38.7 Å². The normalized spacial score (nSPS) is 10.7. The molecule has 2 aromatic carbocycles. The Morgan fingerprint density at radius 1 is 1.21 bits per heavy atom. The van der Waals surface area contributed by atoms with Crippen LogP contribution in [0.1, 0.15) is 11.1 Å². The number of aromatic nitrogens is 1. The summed E-state index contributed by atoms with van der Waals surface area (Å²) in [6.45, 7) is 0. The van der Waals surface area contributed by atoms with Gasteiger partial charge in [0.2, 0.25) is 0 Å². The van der Waals surface area contributed by atoms with E-state index in [1.165, 1.54) is 6.20 Å². The van der Waals surface area contributed by atoms with Gasteiger partial charge in [-0.1, -0.05) is 12.1 Å². The molecule has 3 rings (SSSR count). The number of nitrogens with two attached hydrogens (primary N) is 1. The van der Waals surface area contributed by atoms with E-state index in [-0.39, 0.29) is 5.75 Å². The van der Waals surface area contributed by atoms with Crippen LogP contribution in [0.15, 0.2) is 48.7 Å². The van der Waals surface area contributed by atoms with Crippen LogP contribution < -0.4 is 11.1 Å². The molecule has 3 aromatic rings. The number of thiol groups is 1. The second-order valence-corrected chi connectivity index (χ2v) is 6.23. The third-order valence-corrected chi connectivity index (χ3v) is 4.14. The molecule has 0 aliphatic rings. The highest BCUT2D eigenvalue weighted by Gasteiger charge is 2.10. The average molecular weight is 338 g/mol. The van der Waals surface area contributed by atoms with Crippen molar-refractivity contribution in [3.63, 3.8) is 0 Å². The maximum absolute atomic E-state index is 10.9. The number of rotatable bonds is 4. The first kappa shape index (κ1) is 15.8. The molecule has 7 heteroatoms. The Hall–Kier alpha value is -3.11. The van der Waals surface area contributed by atoms with Gasteiger partial charge in [-0.2, -0.15) is 5.26 Å². The van der Waals surface area contributed by atoms with E-state index in [1.807, 2.05) is 0 Å². The summed E-state index contributed by atoms with van der Waals surface area (Å²) in [7, 11) is -2.50. The van der Waals surface area contributed by atoms with Crippen LogP contribution in [-0.4, -0.2) is 13.4 Å². The molecule has 0 radical (unpaired) electrons. The average Bonchev–Trinajstić information content (AvgIpc) is 2.55. The van der Waals surface area contributed by atoms with E-state index in [2.05, 4.69) is 16.4 Å². The standard InChI is InChI=1S/C17H14N4O2S/c18-8-12-9-20-16-5-4-13(19)7-15(16)17(12)21-14-3-1-2-11(6-14)10-24(22)23/h1-7,9,24H,10,19H2,(H,20,21). The van der Waals surface area contributed by atoms with Crippen LogP contribution in [0.25, 0.3) is 10.9 Å². The molecule has 0 amide bonds. The minimum Gasteiger partial charge on any atom is -0.399 e. The van der Waals surface area contributed by atoms with Crippen molar-refractivity contribution in [1.29, 1.82) is 5.26 Å². The van der Waals surface area contributed by atoms with Crippen LogP contribution in [0.4, 0.5) is 17.1 Å². The quantitative estimate of drug-likeness (QED) is 0.498. The number of nitrogens with one attached hydrogen (secondary N) is 1. The molecule has 0 atom stereocenters. The lowest BCUT2D eigenvalue weighted by Gasteiger charge is -2.12. The third-order valence-electron chi connectivity index (χ3n) is 3.52. The molecule has 0 aliphatic heterocycles. The second kappa shape index (κ2) is 6.56. The smallest absolute Gasteiger partial charge is 0.144 e. The van der Waals surface area contributed by atoms with E-state index in [1.54, 1.807) is 42.5 Å². The minimum atomic E-state index is -2.50. The zero-order chi connectivity index (χ0) is 17.1. The lowest BCUT2D eigenvalue weighted by atomic mass is 10.1. The number of nitriles is 1. The molecule has 0 spiro atoms. The lowest BCUT2D eigenvalue weighted by Crippen LogP contribution is -1.98. The summed E-state index contributed by atoms with van der Waals surface area (Å²) in [5, 5.41) is 13.3. The van der Waals surface area contributed by atoms with Crippen LogP contribution in [-0.2, 0) is 16.5 Å². The highest BCUT2D eigenvalue weighted by Crippen LogP contribution is 2.30. The summed E-state index contributed by atoms with van der Waals surface area (Å²) < 4.78 is 21.8. The Labute approximate surface area is 140 Å². The first-order valence-corrected chi connectivity index (χ1v) is 8.49. The van der Waals surface area contributed by atoms with Crippen molar-refractivity contribution in [2.75, 3.05) is 11.1 Å². The van der Waals surface area contributed by atoms with E-state index in [4.69, 9.17) is 5.73 Å². The molecular formula is C17H14N4O2S. The molecule has 1 heterocycles. The molecule has 6 nitrogen and oxygen atoms in total. The van der Waals surface area contributed by atoms with Gasteiger partial charge in [0.15, 0.2) is 0 Å². The van der Waals surface area contributed by atoms with Gasteiger partial charge in [0, 0.05) is 23.0 Å². The number of hydrogen-bond acceptors (Lipinski definition) is 6. The molecule has 0 unspecified atom stereocenters. The molecule has 24 heavy (non-hydrogen) atoms. The first-order chi connectivity index (χ1) is 11.6. The van der Waals surface area contributed by atoms with Crippen LogP contribution in [0.2, 0.25) is 0 Å². The largest absolute Gasteiger partial charge is 0.399 e. The van der Waals surface area contributed by atoms with Gasteiger partial charge in [-0.05, 0) is 35.9 Å². The number of pyridine rings is 1. The van der Waals surface area contributed by atoms with Gasteiger partial charge in [0.25, 0.3) is 0 Å². The van der Waals surface area contributed by atoms with Crippen LogP contribution >= 0.6 is 0 Å². The minimum absolute atomic E-state index is 0.0278. The van der Waals surface area contributed by atoms with Crippen molar-refractivity contribution in [3.8, 4) is 6.07 Å². The number of fused-ring (bicyclic) bond motifs is 1. The maximum atomic E-state index is 10.9. The van der Waals surface area contributed by atoms with Gasteiger partial charge >= 0.3 is 0 Å². The van der Waals surface area contributed by atoms with Gasteiger partial charge in [0.05, 0.1) is 22.5 Å². The zero-order valence-corrected chi connectivity index (χ0v) is 13.5. The van der Waals surface area contributed by atoms with Crippen molar-refractivity contribution in [2.24, 2.45) is 0 Å². The molecule has 0 fully saturated rings. The van der Waals surface area contributed by atoms with Crippen molar-refractivity contribution in [1.82, 2.24) is 4.98 Å². The topological polar surface area (TPSA) is 109 Å². The summed E-state index contributed by atoms with van der Waals surface area (Å²) in [4.78, 5) is 4.25. The van der Waals surface area contributed by atoms with E-state index in [0.717, 1.165) is 5.39 Å². The summed E-state index contributed by atoms with van der Waals surface area (Å²) in [5.74, 6) is -0.0278. The summed E-state index contributed by atoms with van der Waals surface area (Å²) in [6.07, 6.45) is 1.50. The number of benzene rings is 2. The number of anilines is 3. The Morgan fingerprint density at radius 2 is 2.04 bits per heavy atom. The van der Waals surface area contributed by atoms with Crippen LogP contribution in [0, 0.1) is 11.3 Å². The van der Waals surface area contributed by atoms with Crippen molar-refractivity contribution < 1.29 is 8.42 Å². The summed E-state index contributed by atoms with van der Waals surface area (Å²) >= 11 is 0. The Kier molecular flexibility index (Phi) is 4.31. The SMILES string of the molecule is N#Cc1cnc2ccc(N)cc2c1Nc1cccc(C[SH](=O)=O)c1. The van der Waals surface area contributed by atoms with Gasteiger partial charge in [0.1, 0.15) is 16.8 Å². The van der Waals surface area contributed by atoms with E-state index in [9.17, 15) is 13.7 Å². The van der Waals surface area contributed by atoms with Gasteiger partial charge in [-0.3, -0.25) is 4.98 Å². The number of hydrogen-bond donors (Lipinski definition) is 3. The Balaban J connectivity index is 2.09. The molecule has 3 N–H and O–H groups in total. The fraction of sp³-hybridized carbons (Fsp3) is 0.0588. The molecule has 1 aromatic heterocycles. The molecule has 0 aliphatic carbocycles. The highest BCUT2D eigenvalue weighted by molar-refractivity contribution is 7.71. The van der Waals surface area contributed by atoms with Crippen LogP contribution in [0.5, 0.6) is 0 Å². The highest BCUT2D eigenvalue weighted by atomic mass is 32.2. The molecule has 0 saturated heterocycles. The molecular weight excluding hydrogens is 324 g/mol. The van der Waals surface area contributed by atoms with Gasteiger partial charge < -0.3 is 11.1 Å². The number of nitrogens with zero attached hydrogens (tertiary/aromatic N) is 2. The van der Waals surface area contributed by atoms with Crippen molar-refractivity contribution in [3.05, 3.63) is 59.8 Å². The van der Waals surface area contributed by atoms with E-state index in [0.29, 0.717) is 33.7 Å². The predicted octanol–water partition coefficient (Wildman–Crippen LogP) is 2.54. The lowest BCUT2D eigenvalue weighted by molar-refractivity contribution is 0.614. The molecule has 120 valence electrons. The molecule has 0 bridgehead atoms. The summed E-state index contributed by atoms with van der Waals surface area (Å²) in [6, 6.07) is 14.5. The van der Waals surface area contributed by atoms with Crippen LogP contribution in [0.3, 0.4) is 0 Å². The third kappa shape index (κ3) is 3.29. The van der Waals surface area contributed by atoms with Gasteiger partial charge in [-0.15, -0.1) is 0 Å². The van der Waals surface area contributed by atoms with E-state index >= 15 is 0 Å². The second-order valence-electron chi connectivity index (χ2n) is 5.25. The van der Waals surface area contributed by atoms with Crippen molar-refractivity contribution in [2.45, 2.75) is 5.75 Å². The number of nitrogen functional groups attached to an aromatic ring is 1. The maximum Gasteiger partial charge on any atom is 0.144 e. The monoisotopic (exact) mass is 338 g/mol. The van der Waals surface area contributed by atoms with E-state index < -0.39 is 10.7 Å². The Bertz CT molecular complexity index is 1030. The van der Waals surface area contributed by atoms with Gasteiger partial charge in [-0.25, -0.2) is 8.42 Å². The first-order valence-electron chi connectivity index (χ1n) is 7.13. The molecule has 0 saturated carbocycles. The fourth-order valence-corrected chi connectivity index (χ4v) is 2.97. The Morgan fingerprint density at radius 3 is 2.79 bits per heavy atom. The summed E-state index contributed by atoms with van der Waals surface area (Å²) in [5.41, 5.74) is 9.48. The predicted molar refractivity (Wildman–Crippen MR) is 94.6 cm³/mol. The fourth-order valence-electron chi connectivity index (χ4n) is 2.47. The zero-order valence-electron chi connectivity index (χ0n) is 12.6.